The maximum absolute atomic E-state index is 13.1. The summed E-state index contributed by atoms with van der Waals surface area (Å²) >= 11 is 0. The molecule has 4 rings (SSSR count). The van der Waals surface area contributed by atoms with Crippen LogP contribution >= 0.6 is 0 Å². The lowest BCUT2D eigenvalue weighted by Crippen LogP contribution is -2.54. The van der Waals surface area contributed by atoms with E-state index in [0.29, 0.717) is 5.69 Å². The van der Waals surface area contributed by atoms with Crippen molar-refractivity contribution in [2.24, 2.45) is 0 Å². The highest BCUT2D eigenvalue weighted by molar-refractivity contribution is 6.39. The molecule has 160 valence electrons. The number of amides is 4. The minimum atomic E-state index is -0.726. The van der Waals surface area contributed by atoms with E-state index >= 15 is 0 Å². The average molecular weight is 418 g/mol. The van der Waals surface area contributed by atoms with E-state index in [1.165, 1.54) is 25.7 Å². The van der Waals surface area contributed by atoms with Gasteiger partial charge in [-0.1, -0.05) is 42.7 Å². The molecule has 6 heteroatoms. The first-order chi connectivity index (χ1) is 14.9. The van der Waals surface area contributed by atoms with Crippen LogP contribution in [0.2, 0.25) is 0 Å². The molecule has 0 aromatic heterocycles. The summed E-state index contributed by atoms with van der Waals surface area (Å²) in [6.45, 7) is 5.88. The molecular weight excluding hydrogens is 390 g/mol. The Morgan fingerprint density at radius 1 is 0.871 bits per heavy atom. The first kappa shape index (κ1) is 20.8. The van der Waals surface area contributed by atoms with Crippen LogP contribution in [0, 0.1) is 13.8 Å². The Morgan fingerprint density at radius 3 is 2.19 bits per heavy atom. The zero-order valence-electron chi connectivity index (χ0n) is 18.0. The Balaban J connectivity index is 1.61. The molecule has 1 N–H and O–H groups in total. The molecule has 6 nitrogen and oxygen atoms in total. The SMILES string of the molecule is Cc1ccc(N2C(=O)NC(=O)/C(=C\c3ccc(N4CCCCCC4)cc3)C2=O)c(C)c1. The number of aryl methyl sites for hydroxylation is 2. The normalized spacial score (nSPS) is 18.9. The number of benzene rings is 2. The van der Waals surface area contributed by atoms with E-state index in [1.807, 2.05) is 50.2 Å². The monoisotopic (exact) mass is 417 g/mol. The van der Waals surface area contributed by atoms with Crippen molar-refractivity contribution >= 4 is 35.3 Å². The standard InChI is InChI=1S/C25H27N3O3/c1-17-7-12-22(18(2)15-17)28-24(30)21(23(29)26-25(28)31)16-19-8-10-20(11-9-19)27-13-5-3-4-6-14-27/h7-12,15-16H,3-6,13-14H2,1-2H3,(H,26,29,31)/b21-16+. The zero-order chi connectivity index (χ0) is 22.0. The molecule has 0 saturated carbocycles. The number of nitrogens with one attached hydrogen (secondary N) is 1. The average Bonchev–Trinajstić information content (AvgIpc) is 3.02. The number of carbonyl (C=O) groups excluding carboxylic acids is 3. The van der Waals surface area contributed by atoms with Crippen LogP contribution in [-0.2, 0) is 9.59 Å². The summed E-state index contributed by atoms with van der Waals surface area (Å²) in [5.41, 5.74) is 4.13. The van der Waals surface area contributed by atoms with E-state index in [4.69, 9.17) is 0 Å². The number of barbiturate groups is 1. The van der Waals surface area contributed by atoms with Crippen molar-refractivity contribution < 1.29 is 14.4 Å². The molecule has 0 spiro atoms. The van der Waals surface area contributed by atoms with Crippen molar-refractivity contribution in [1.29, 1.82) is 0 Å². The van der Waals surface area contributed by atoms with Crippen molar-refractivity contribution in [3.8, 4) is 0 Å². The molecule has 0 unspecified atom stereocenters. The number of hydrogen-bond acceptors (Lipinski definition) is 4. The second kappa shape index (κ2) is 8.76. The van der Waals surface area contributed by atoms with Gasteiger partial charge in [-0.2, -0.15) is 0 Å². The van der Waals surface area contributed by atoms with Crippen molar-refractivity contribution in [2.75, 3.05) is 22.9 Å². The Labute approximate surface area is 182 Å². The number of nitrogens with zero attached hydrogens (tertiary/aromatic N) is 2. The molecule has 2 aromatic rings. The molecule has 31 heavy (non-hydrogen) atoms. The van der Waals surface area contributed by atoms with E-state index in [2.05, 4.69) is 10.2 Å². The second-order valence-electron chi connectivity index (χ2n) is 8.24. The van der Waals surface area contributed by atoms with Gasteiger partial charge < -0.3 is 4.90 Å². The number of anilines is 2. The summed E-state index contributed by atoms with van der Waals surface area (Å²) in [6, 6.07) is 12.6. The van der Waals surface area contributed by atoms with Gasteiger partial charge >= 0.3 is 6.03 Å². The largest absolute Gasteiger partial charge is 0.372 e. The third kappa shape index (κ3) is 4.38. The molecular formula is C25H27N3O3. The molecule has 4 amide bonds. The molecule has 2 aliphatic rings. The summed E-state index contributed by atoms with van der Waals surface area (Å²) in [5.74, 6) is -1.29. The van der Waals surface area contributed by atoms with Crippen LogP contribution in [0.4, 0.5) is 16.2 Å². The number of imide groups is 2. The maximum atomic E-state index is 13.1. The summed E-state index contributed by atoms with van der Waals surface area (Å²) in [7, 11) is 0. The molecule has 0 atom stereocenters. The van der Waals surface area contributed by atoms with E-state index < -0.39 is 17.8 Å². The summed E-state index contributed by atoms with van der Waals surface area (Å²) < 4.78 is 0. The van der Waals surface area contributed by atoms with Crippen molar-refractivity contribution in [3.63, 3.8) is 0 Å². The molecule has 0 aliphatic carbocycles. The van der Waals surface area contributed by atoms with Crippen LogP contribution in [0.1, 0.15) is 42.4 Å². The van der Waals surface area contributed by atoms with Crippen LogP contribution in [0.5, 0.6) is 0 Å². The van der Waals surface area contributed by atoms with Crippen molar-refractivity contribution in [3.05, 3.63) is 64.7 Å². The van der Waals surface area contributed by atoms with Crippen LogP contribution in [0.3, 0.4) is 0 Å². The predicted octanol–water partition coefficient (Wildman–Crippen LogP) is 4.35. The predicted molar refractivity (Wildman–Crippen MR) is 122 cm³/mol. The minimum absolute atomic E-state index is 0.0536. The third-order valence-electron chi connectivity index (χ3n) is 5.87. The molecule has 2 aromatic carbocycles. The van der Waals surface area contributed by atoms with Crippen molar-refractivity contribution in [2.45, 2.75) is 39.5 Å². The van der Waals surface area contributed by atoms with E-state index in [1.54, 1.807) is 12.1 Å². The highest BCUT2D eigenvalue weighted by atomic mass is 16.2. The topological polar surface area (TPSA) is 69.7 Å². The fourth-order valence-electron chi connectivity index (χ4n) is 4.21. The zero-order valence-corrected chi connectivity index (χ0v) is 18.0. The van der Waals surface area contributed by atoms with Gasteiger partial charge in [-0.25, -0.2) is 9.69 Å². The van der Waals surface area contributed by atoms with Gasteiger partial charge in [0.2, 0.25) is 0 Å². The number of carbonyl (C=O) groups is 3. The summed E-state index contributed by atoms with van der Waals surface area (Å²) in [5, 5.41) is 2.29. The molecule has 2 aliphatic heterocycles. The summed E-state index contributed by atoms with van der Waals surface area (Å²) in [4.78, 5) is 41.4. The first-order valence-corrected chi connectivity index (χ1v) is 10.8. The van der Waals surface area contributed by atoms with Gasteiger partial charge in [0.25, 0.3) is 11.8 Å². The van der Waals surface area contributed by atoms with E-state index in [9.17, 15) is 14.4 Å². The lowest BCUT2D eigenvalue weighted by atomic mass is 10.0. The lowest BCUT2D eigenvalue weighted by Gasteiger charge is -2.27. The third-order valence-corrected chi connectivity index (χ3v) is 5.87. The van der Waals surface area contributed by atoms with Crippen LogP contribution in [0.25, 0.3) is 6.08 Å². The Hall–Kier alpha value is -3.41. The van der Waals surface area contributed by atoms with E-state index in [0.717, 1.165) is 40.4 Å². The molecule has 2 heterocycles. The Bertz CT molecular complexity index is 1050. The maximum Gasteiger partial charge on any atom is 0.335 e. The quantitative estimate of drug-likeness (QED) is 0.595. The van der Waals surface area contributed by atoms with Crippen LogP contribution < -0.4 is 15.1 Å². The van der Waals surface area contributed by atoms with Gasteiger partial charge in [0, 0.05) is 18.8 Å². The second-order valence-corrected chi connectivity index (χ2v) is 8.24. The van der Waals surface area contributed by atoms with Gasteiger partial charge in [0.05, 0.1) is 5.69 Å². The van der Waals surface area contributed by atoms with Gasteiger partial charge in [0.15, 0.2) is 0 Å². The van der Waals surface area contributed by atoms with Gasteiger partial charge in [-0.15, -0.1) is 0 Å². The highest BCUT2D eigenvalue weighted by Crippen LogP contribution is 2.26. The minimum Gasteiger partial charge on any atom is -0.372 e. The van der Waals surface area contributed by atoms with E-state index in [-0.39, 0.29) is 5.57 Å². The van der Waals surface area contributed by atoms with Crippen molar-refractivity contribution in [1.82, 2.24) is 5.32 Å². The van der Waals surface area contributed by atoms with Crippen LogP contribution in [-0.4, -0.2) is 30.9 Å². The number of urea groups is 1. The molecule has 2 fully saturated rings. The summed E-state index contributed by atoms with van der Waals surface area (Å²) in [6.07, 6.45) is 6.49. The van der Waals surface area contributed by atoms with Gasteiger partial charge in [-0.3, -0.25) is 14.9 Å². The number of rotatable bonds is 3. The Kier molecular flexibility index (Phi) is 5.89. The smallest absolute Gasteiger partial charge is 0.335 e. The first-order valence-electron chi connectivity index (χ1n) is 10.8. The molecule has 0 radical (unpaired) electrons. The van der Waals surface area contributed by atoms with Gasteiger partial charge in [0.1, 0.15) is 5.57 Å². The number of hydrogen-bond donors (Lipinski definition) is 1. The highest BCUT2D eigenvalue weighted by Gasteiger charge is 2.37. The van der Waals surface area contributed by atoms with Gasteiger partial charge in [-0.05, 0) is 62.1 Å². The molecule has 2 saturated heterocycles. The fourth-order valence-corrected chi connectivity index (χ4v) is 4.21. The van der Waals surface area contributed by atoms with Crippen LogP contribution in [0.15, 0.2) is 48.0 Å². The molecule has 0 bridgehead atoms. The Morgan fingerprint density at radius 2 is 1.55 bits per heavy atom. The lowest BCUT2D eigenvalue weighted by molar-refractivity contribution is -0.122. The fraction of sp³-hybridized carbons (Fsp3) is 0.320.